The normalized spacial score (nSPS) is 17.6. The summed E-state index contributed by atoms with van der Waals surface area (Å²) in [6.07, 6.45) is 11.2. The zero-order chi connectivity index (χ0) is 26.7. The molecule has 0 bridgehead atoms. The maximum absolute atomic E-state index is 4.69. The Bertz CT molecular complexity index is 1590. The van der Waals surface area contributed by atoms with Gasteiger partial charge in [-0.2, -0.15) is 5.10 Å². The van der Waals surface area contributed by atoms with Gasteiger partial charge in [0, 0.05) is 29.0 Å². The number of aryl methyl sites for hydroxylation is 1. The van der Waals surface area contributed by atoms with E-state index in [2.05, 4.69) is 72.8 Å². The number of nitrogens with zero attached hydrogens (tertiary/aromatic N) is 5. The Labute approximate surface area is 239 Å². The van der Waals surface area contributed by atoms with Gasteiger partial charge < -0.3 is 15.5 Å². The summed E-state index contributed by atoms with van der Waals surface area (Å²) in [4.78, 5) is 14.6. The fourth-order valence-electron chi connectivity index (χ4n) is 6.38. The van der Waals surface area contributed by atoms with E-state index in [0.717, 1.165) is 65.6 Å². The molecule has 8 heteroatoms. The van der Waals surface area contributed by atoms with Gasteiger partial charge in [-0.3, -0.25) is 4.68 Å². The van der Waals surface area contributed by atoms with E-state index in [1.807, 2.05) is 23.6 Å². The smallest absolute Gasteiger partial charge is 0.142 e. The van der Waals surface area contributed by atoms with Gasteiger partial charge in [-0.15, -0.1) is 11.3 Å². The van der Waals surface area contributed by atoms with E-state index in [9.17, 15) is 0 Å². The zero-order valence-corrected chi connectivity index (χ0v) is 23.8. The van der Waals surface area contributed by atoms with Crippen molar-refractivity contribution < 1.29 is 0 Å². The monoisotopic (exact) mass is 551 g/mol. The number of nitrogens with one attached hydrogen (secondary N) is 2. The molecule has 0 spiro atoms. The summed E-state index contributed by atoms with van der Waals surface area (Å²) in [5.74, 6) is 1.67. The van der Waals surface area contributed by atoms with Crippen molar-refractivity contribution in [2.75, 3.05) is 38.0 Å². The first-order chi connectivity index (χ1) is 19.8. The van der Waals surface area contributed by atoms with E-state index in [-0.39, 0.29) is 0 Å². The van der Waals surface area contributed by atoms with Crippen LogP contribution in [0.4, 0.5) is 11.5 Å². The second-order valence-corrected chi connectivity index (χ2v) is 12.4. The van der Waals surface area contributed by atoms with Gasteiger partial charge in [0.25, 0.3) is 0 Å². The largest absolute Gasteiger partial charge is 0.340 e. The molecule has 1 aliphatic carbocycles. The van der Waals surface area contributed by atoms with Gasteiger partial charge in [0.2, 0.25) is 0 Å². The van der Waals surface area contributed by atoms with E-state index in [1.54, 1.807) is 6.33 Å². The van der Waals surface area contributed by atoms with Crippen LogP contribution < -0.4 is 10.6 Å². The molecule has 2 aromatic carbocycles. The molecule has 206 valence electrons. The van der Waals surface area contributed by atoms with Crippen LogP contribution in [-0.2, 0) is 19.4 Å². The molecule has 1 aliphatic heterocycles. The molecule has 0 amide bonds. The second kappa shape index (κ2) is 11.6. The number of anilines is 2. The molecule has 2 N–H and O–H groups in total. The SMILES string of the molecule is c1ccc(Cn2ncc3cc(Nc4ncnc5sc6c(c45)CCC(CCNCCN4CCCC4)C6)ccc32)cc1. The summed E-state index contributed by atoms with van der Waals surface area (Å²) in [5.41, 5.74) is 4.86. The quantitative estimate of drug-likeness (QED) is 0.207. The molecule has 0 saturated carbocycles. The lowest BCUT2D eigenvalue weighted by atomic mass is 9.86. The van der Waals surface area contributed by atoms with Crippen molar-refractivity contribution in [3.05, 3.63) is 77.1 Å². The van der Waals surface area contributed by atoms with Gasteiger partial charge >= 0.3 is 0 Å². The van der Waals surface area contributed by atoms with Crippen LogP contribution in [0.2, 0.25) is 0 Å². The molecule has 0 radical (unpaired) electrons. The molecule has 5 aromatic rings. The molecule has 1 unspecified atom stereocenters. The molecular weight excluding hydrogens is 514 g/mol. The van der Waals surface area contributed by atoms with E-state index in [0.29, 0.717) is 0 Å². The first-order valence-electron chi connectivity index (χ1n) is 14.7. The minimum Gasteiger partial charge on any atom is -0.340 e. The van der Waals surface area contributed by atoms with Crippen LogP contribution in [0.1, 0.15) is 41.7 Å². The molecule has 7 nitrogen and oxygen atoms in total. The van der Waals surface area contributed by atoms with Gasteiger partial charge in [0.1, 0.15) is 17.0 Å². The molecule has 3 aromatic heterocycles. The van der Waals surface area contributed by atoms with Crippen LogP contribution in [0.5, 0.6) is 0 Å². The molecule has 1 fully saturated rings. The topological polar surface area (TPSA) is 70.9 Å². The van der Waals surface area contributed by atoms with Crippen molar-refractivity contribution >= 4 is 44.0 Å². The van der Waals surface area contributed by atoms with Crippen LogP contribution >= 0.6 is 11.3 Å². The maximum Gasteiger partial charge on any atom is 0.142 e. The number of hydrogen-bond donors (Lipinski definition) is 2. The van der Waals surface area contributed by atoms with Gasteiger partial charge in [0.15, 0.2) is 0 Å². The standard InChI is InChI=1S/C32H37N7S/c1-2-6-24(7-3-1)21-39-28-11-9-26(19-25(28)20-36-39)37-31-30-27-10-8-23(18-29(27)40-32(30)35-22-34-31)12-13-33-14-17-38-15-4-5-16-38/h1-3,6-7,9,11,19-20,22-23,33H,4-5,8,10,12-18,21H2,(H,34,35,37). The first-order valence-corrected chi connectivity index (χ1v) is 15.6. The van der Waals surface area contributed by atoms with E-state index in [4.69, 9.17) is 4.98 Å². The zero-order valence-electron chi connectivity index (χ0n) is 23.0. The van der Waals surface area contributed by atoms with E-state index < -0.39 is 0 Å². The number of aromatic nitrogens is 4. The fraction of sp³-hybridized carbons (Fsp3) is 0.406. The Balaban J connectivity index is 1.02. The number of benzene rings is 2. The number of hydrogen-bond acceptors (Lipinski definition) is 7. The van der Waals surface area contributed by atoms with Gasteiger partial charge in [0.05, 0.1) is 23.6 Å². The molecular formula is C32H37N7S. The number of fused-ring (bicyclic) bond motifs is 4. The predicted octanol–water partition coefficient (Wildman–Crippen LogP) is 6.01. The lowest BCUT2D eigenvalue weighted by Gasteiger charge is -2.23. The summed E-state index contributed by atoms with van der Waals surface area (Å²) < 4.78 is 2.06. The summed E-state index contributed by atoms with van der Waals surface area (Å²) in [6, 6.07) is 16.9. The lowest BCUT2D eigenvalue weighted by molar-refractivity contribution is 0.331. The van der Waals surface area contributed by atoms with Gasteiger partial charge in [-0.25, -0.2) is 9.97 Å². The highest BCUT2D eigenvalue weighted by molar-refractivity contribution is 7.19. The molecule has 40 heavy (non-hydrogen) atoms. The third-order valence-electron chi connectivity index (χ3n) is 8.56. The van der Waals surface area contributed by atoms with Crippen molar-refractivity contribution in [1.82, 2.24) is 30.0 Å². The van der Waals surface area contributed by atoms with Crippen LogP contribution in [0.25, 0.3) is 21.1 Å². The van der Waals surface area contributed by atoms with Gasteiger partial charge in [-0.05, 0) is 93.4 Å². The lowest BCUT2D eigenvalue weighted by Crippen LogP contribution is -2.31. The fourth-order valence-corrected chi connectivity index (χ4v) is 7.68. The molecule has 7 rings (SSSR count). The Morgan fingerprint density at radius 3 is 2.80 bits per heavy atom. The Morgan fingerprint density at radius 2 is 1.90 bits per heavy atom. The molecule has 1 saturated heterocycles. The number of thiophene rings is 1. The third kappa shape index (κ3) is 5.48. The minimum atomic E-state index is 0.749. The predicted molar refractivity (Wildman–Crippen MR) is 165 cm³/mol. The molecule has 4 heterocycles. The minimum absolute atomic E-state index is 0.749. The van der Waals surface area contributed by atoms with Crippen LogP contribution in [-0.4, -0.2) is 57.4 Å². The van der Waals surface area contributed by atoms with Crippen LogP contribution in [0, 0.1) is 5.92 Å². The summed E-state index contributed by atoms with van der Waals surface area (Å²) >= 11 is 1.86. The third-order valence-corrected chi connectivity index (χ3v) is 9.72. The Morgan fingerprint density at radius 1 is 1.00 bits per heavy atom. The highest BCUT2D eigenvalue weighted by atomic mass is 32.1. The summed E-state index contributed by atoms with van der Waals surface area (Å²) in [5, 5.41) is 14.3. The first kappa shape index (κ1) is 25.6. The van der Waals surface area contributed by atoms with E-state index in [1.165, 1.54) is 66.7 Å². The second-order valence-electron chi connectivity index (χ2n) is 11.3. The average Bonchev–Trinajstić information content (AvgIpc) is 3.73. The highest BCUT2D eigenvalue weighted by Crippen LogP contribution is 2.41. The average molecular weight is 552 g/mol. The van der Waals surface area contributed by atoms with Crippen molar-refractivity contribution in [1.29, 1.82) is 0 Å². The van der Waals surface area contributed by atoms with Crippen molar-refractivity contribution in [3.63, 3.8) is 0 Å². The number of likely N-dealkylation sites (tertiary alicyclic amines) is 1. The summed E-state index contributed by atoms with van der Waals surface area (Å²) in [6.45, 7) is 6.77. The van der Waals surface area contributed by atoms with Gasteiger partial charge in [-0.1, -0.05) is 30.3 Å². The summed E-state index contributed by atoms with van der Waals surface area (Å²) in [7, 11) is 0. The van der Waals surface area contributed by atoms with Crippen molar-refractivity contribution in [2.24, 2.45) is 5.92 Å². The van der Waals surface area contributed by atoms with Crippen LogP contribution in [0.3, 0.4) is 0 Å². The van der Waals surface area contributed by atoms with Crippen molar-refractivity contribution in [2.45, 2.75) is 45.1 Å². The maximum atomic E-state index is 4.69. The highest BCUT2D eigenvalue weighted by Gasteiger charge is 2.25. The molecule has 1 atom stereocenters. The Hall–Kier alpha value is -3.33. The van der Waals surface area contributed by atoms with Crippen molar-refractivity contribution in [3.8, 4) is 0 Å². The van der Waals surface area contributed by atoms with E-state index >= 15 is 0 Å². The Kier molecular flexibility index (Phi) is 7.46. The van der Waals surface area contributed by atoms with Crippen LogP contribution in [0.15, 0.2) is 61.1 Å². The molecule has 2 aliphatic rings. The number of rotatable bonds is 10.